The number of rotatable bonds is 4. The quantitative estimate of drug-likeness (QED) is 0.826. The highest BCUT2D eigenvalue weighted by atomic mass is 19.1. The molecule has 2 aromatic carbocycles. The zero-order valence-corrected chi connectivity index (χ0v) is 10.8. The van der Waals surface area contributed by atoms with Gasteiger partial charge in [0.25, 0.3) is 0 Å². The van der Waals surface area contributed by atoms with Gasteiger partial charge in [-0.05, 0) is 35.9 Å². The second-order valence-electron chi connectivity index (χ2n) is 4.27. The molecule has 106 valence electrons. The molecule has 0 saturated heterocycles. The molecular formula is C14H10BF2NO3. The standard InChI is InChI=1S/C14H10BF2NO3/c16-11-2-4-14(12(6-11)15(19)20)21-8-9-1-3-13(17)10(5-9)7-18/h1-6,19-20H,8H2. The molecule has 0 aromatic heterocycles. The minimum Gasteiger partial charge on any atom is -0.489 e. The summed E-state index contributed by atoms with van der Waals surface area (Å²) in [5.41, 5.74) is 0.297. The van der Waals surface area contributed by atoms with E-state index in [4.69, 9.17) is 20.0 Å². The molecule has 0 spiro atoms. The molecule has 0 fully saturated rings. The number of ether oxygens (including phenoxy) is 1. The van der Waals surface area contributed by atoms with Gasteiger partial charge in [0, 0.05) is 5.46 Å². The Kier molecular flexibility index (Phi) is 4.53. The molecule has 21 heavy (non-hydrogen) atoms. The molecule has 4 nitrogen and oxygen atoms in total. The van der Waals surface area contributed by atoms with Crippen molar-refractivity contribution in [3.8, 4) is 11.8 Å². The number of halogens is 2. The molecule has 7 heteroatoms. The van der Waals surface area contributed by atoms with Crippen molar-refractivity contribution in [3.63, 3.8) is 0 Å². The van der Waals surface area contributed by atoms with E-state index in [-0.39, 0.29) is 23.4 Å². The first kappa shape index (κ1) is 15.0. The van der Waals surface area contributed by atoms with Crippen LogP contribution in [-0.2, 0) is 6.61 Å². The van der Waals surface area contributed by atoms with Gasteiger partial charge in [-0.2, -0.15) is 5.26 Å². The molecule has 0 amide bonds. The number of nitriles is 1. The van der Waals surface area contributed by atoms with Gasteiger partial charge in [0.2, 0.25) is 0 Å². The molecule has 0 radical (unpaired) electrons. The third-order valence-corrected chi connectivity index (χ3v) is 2.80. The van der Waals surface area contributed by atoms with E-state index < -0.39 is 18.8 Å². The van der Waals surface area contributed by atoms with Crippen LogP contribution in [0.1, 0.15) is 11.1 Å². The molecule has 0 heterocycles. The normalized spacial score (nSPS) is 10.0. The summed E-state index contributed by atoms with van der Waals surface area (Å²) in [5.74, 6) is -1.16. The molecule has 0 aliphatic carbocycles. The summed E-state index contributed by atoms with van der Waals surface area (Å²) in [4.78, 5) is 0. The average Bonchev–Trinajstić information content (AvgIpc) is 2.47. The van der Waals surface area contributed by atoms with Crippen molar-refractivity contribution in [2.75, 3.05) is 0 Å². The number of hydrogen-bond acceptors (Lipinski definition) is 4. The van der Waals surface area contributed by atoms with Crippen molar-refractivity contribution in [1.82, 2.24) is 0 Å². The van der Waals surface area contributed by atoms with E-state index >= 15 is 0 Å². The van der Waals surface area contributed by atoms with E-state index in [1.807, 2.05) is 0 Å². The van der Waals surface area contributed by atoms with Crippen LogP contribution in [0.5, 0.6) is 5.75 Å². The Hall–Kier alpha value is -2.43. The van der Waals surface area contributed by atoms with Crippen LogP contribution in [0.15, 0.2) is 36.4 Å². The van der Waals surface area contributed by atoms with Crippen LogP contribution in [0.2, 0.25) is 0 Å². The summed E-state index contributed by atoms with van der Waals surface area (Å²) in [6, 6.07) is 8.95. The molecule has 0 atom stereocenters. The summed E-state index contributed by atoms with van der Waals surface area (Å²) in [7, 11) is -1.88. The van der Waals surface area contributed by atoms with Crippen molar-refractivity contribution >= 4 is 12.6 Å². The van der Waals surface area contributed by atoms with E-state index in [0.29, 0.717) is 5.56 Å². The molecule has 0 aliphatic rings. The van der Waals surface area contributed by atoms with Crippen LogP contribution in [0.3, 0.4) is 0 Å². The first-order valence-corrected chi connectivity index (χ1v) is 5.98. The van der Waals surface area contributed by atoms with Gasteiger partial charge in [0.1, 0.15) is 30.1 Å². The Balaban J connectivity index is 2.19. The van der Waals surface area contributed by atoms with Gasteiger partial charge in [-0.1, -0.05) is 6.07 Å². The SMILES string of the molecule is N#Cc1cc(COc2ccc(F)cc2B(O)O)ccc1F. The Bertz CT molecular complexity index is 701. The zero-order valence-electron chi connectivity index (χ0n) is 10.8. The Morgan fingerprint density at radius 2 is 1.90 bits per heavy atom. The Morgan fingerprint density at radius 3 is 2.57 bits per heavy atom. The summed E-state index contributed by atoms with van der Waals surface area (Å²) < 4.78 is 31.6. The van der Waals surface area contributed by atoms with Gasteiger partial charge in [-0.3, -0.25) is 0 Å². The van der Waals surface area contributed by atoms with E-state index in [9.17, 15) is 8.78 Å². The molecule has 0 saturated carbocycles. The van der Waals surface area contributed by atoms with Crippen molar-refractivity contribution in [1.29, 1.82) is 5.26 Å². The minimum absolute atomic E-state index is 0.0275. The maximum Gasteiger partial charge on any atom is 0.492 e. The molecule has 2 N–H and O–H groups in total. The summed E-state index contributed by atoms with van der Waals surface area (Å²) in [6.07, 6.45) is 0. The maximum absolute atomic E-state index is 13.2. The van der Waals surface area contributed by atoms with Gasteiger partial charge < -0.3 is 14.8 Å². The smallest absolute Gasteiger partial charge is 0.489 e. The summed E-state index contributed by atoms with van der Waals surface area (Å²) in [5, 5.41) is 27.1. The molecule has 2 rings (SSSR count). The third-order valence-electron chi connectivity index (χ3n) is 2.80. The van der Waals surface area contributed by atoms with Crippen molar-refractivity contribution in [2.24, 2.45) is 0 Å². The fourth-order valence-electron chi connectivity index (χ4n) is 1.76. The predicted molar refractivity (Wildman–Crippen MR) is 71.7 cm³/mol. The minimum atomic E-state index is -1.88. The highest BCUT2D eigenvalue weighted by Gasteiger charge is 2.18. The fourth-order valence-corrected chi connectivity index (χ4v) is 1.76. The average molecular weight is 289 g/mol. The first-order chi connectivity index (χ1) is 10.0. The summed E-state index contributed by atoms with van der Waals surface area (Å²) in [6.45, 7) is -0.0275. The van der Waals surface area contributed by atoms with Crippen LogP contribution < -0.4 is 10.2 Å². The molecule has 2 aromatic rings. The van der Waals surface area contributed by atoms with Crippen LogP contribution in [0.4, 0.5) is 8.78 Å². The lowest BCUT2D eigenvalue weighted by Gasteiger charge is -2.11. The van der Waals surface area contributed by atoms with Crippen molar-refractivity contribution < 1.29 is 23.6 Å². The lowest BCUT2D eigenvalue weighted by molar-refractivity contribution is 0.306. The van der Waals surface area contributed by atoms with Gasteiger partial charge in [0.15, 0.2) is 0 Å². The second-order valence-corrected chi connectivity index (χ2v) is 4.27. The number of benzene rings is 2. The highest BCUT2D eigenvalue weighted by Crippen LogP contribution is 2.14. The van der Waals surface area contributed by atoms with Crippen LogP contribution in [0, 0.1) is 23.0 Å². The third kappa shape index (κ3) is 3.57. The van der Waals surface area contributed by atoms with Crippen molar-refractivity contribution in [2.45, 2.75) is 6.61 Å². The topological polar surface area (TPSA) is 73.5 Å². The maximum atomic E-state index is 13.2. The van der Waals surface area contributed by atoms with Crippen molar-refractivity contribution in [3.05, 3.63) is 59.2 Å². The lowest BCUT2D eigenvalue weighted by atomic mass is 9.79. The predicted octanol–water partition coefficient (Wildman–Crippen LogP) is 1.10. The van der Waals surface area contributed by atoms with Crippen LogP contribution >= 0.6 is 0 Å². The molecule has 0 aliphatic heterocycles. The second kappa shape index (κ2) is 6.35. The van der Waals surface area contributed by atoms with Gasteiger partial charge in [-0.25, -0.2) is 8.78 Å². The van der Waals surface area contributed by atoms with E-state index in [1.165, 1.54) is 18.2 Å². The Labute approximate surface area is 120 Å². The molecule has 0 unspecified atom stereocenters. The lowest BCUT2D eigenvalue weighted by Crippen LogP contribution is -2.31. The van der Waals surface area contributed by atoms with E-state index in [0.717, 1.165) is 18.2 Å². The monoisotopic (exact) mass is 289 g/mol. The number of hydrogen-bond donors (Lipinski definition) is 2. The fraction of sp³-hybridized carbons (Fsp3) is 0.0714. The van der Waals surface area contributed by atoms with Gasteiger partial charge >= 0.3 is 7.12 Å². The zero-order chi connectivity index (χ0) is 15.4. The van der Waals surface area contributed by atoms with Crippen LogP contribution in [0.25, 0.3) is 0 Å². The molecular weight excluding hydrogens is 279 g/mol. The largest absolute Gasteiger partial charge is 0.492 e. The number of nitrogens with zero attached hydrogens (tertiary/aromatic N) is 1. The van der Waals surface area contributed by atoms with Gasteiger partial charge in [0.05, 0.1) is 5.56 Å². The van der Waals surface area contributed by atoms with Crippen LogP contribution in [-0.4, -0.2) is 17.2 Å². The van der Waals surface area contributed by atoms with Gasteiger partial charge in [-0.15, -0.1) is 0 Å². The Morgan fingerprint density at radius 1 is 1.14 bits per heavy atom. The highest BCUT2D eigenvalue weighted by molar-refractivity contribution is 6.59. The van der Waals surface area contributed by atoms with E-state index in [1.54, 1.807) is 6.07 Å². The summed E-state index contributed by atoms with van der Waals surface area (Å²) >= 11 is 0. The van der Waals surface area contributed by atoms with E-state index in [2.05, 4.69) is 0 Å². The molecule has 0 bridgehead atoms. The first-order valence-electron chi connectivity index (χ1n) is 5.98.